The lowest BCUT2D eigenvalue weighted by molar-refractivity contribution is -0.0913. The molecule has 1 saturated heterocycles. The summed E-state index contributed by atoms with van der Waals surface area (Å²) in [4.78, 5) is 9.82. The van der Waals surface area contributed by atoms with Crippen LogP contribution in [-0.4, -0.2) is 45.7 Å². The predicted molar refractivity (Wildman–Crippen MR) is 193 cm³/mol. The molecule has 0 bridgehead atoms. The number of rotatable bonds is 15. The molecule has 0 amide bonds. The molecule has 7 rings (SSSR count). The maximum Gasteiger partial charge on any atom is 0.191 e. The Kier molecular flexibility index (Phi) is 11.0. The lowest BCUT2D eigenvalue weighted by Crippen LogP contribution is -2.38. The number of nitrogens with zero attached hydrogens (tertiary/aromatic N) is 3. The van der Waals surface area contributed by atoms with Crippen molar-refractivity contribution in [1.29, 1.82) is 0 Å². The quantitative estimate of drug-likeness (QED) is 0.0868. The summed E-state index contributed by atoms with van der Waals surface area (Å²) in [6.07, 6.45) is 2.20. The van der Waals surface area contributed by atoms with Crippen molar-refractivity contribution >= 4 is 28.6 Å². The van der Waals surface area contributed by atoms with Crippen LogP contribution >= 0.6 is 11.8 Å². The Labute approximate surface area is 291 Å². The van der Waals surface area contributed by atoms with Crippen LogP contribution in [0.3, 0.4) is 0 Å². The second-order valence-corrected chi connectivity index (χ2v) is 12.7. The Balaban J connectivity index is 1.21. The largest absolute Gasteiger partial charge is 0.374 e. The van der Waals surface area contributed by atoms with E-state index in [4.69, 9.17) is 28.9 Å². The monoisotopic (exact) mass is 672 g/mol. The molecular formula is C40H40N4O4S. The van der Waals surface area contributed by atoms with Gasteiger partial charge in [-0.15, -0.1) is 0 Å². The Morgan fingerprint density at radius 2 is 1.22 bits per heavy atom. The maximum absolute atomic E-state index is 6.90. The molecule has 0 saturated carbocycles. The lowest BCUT2D eigenvalue weighted by atomic mass is 10.1. The van der Waals surface area contributed by atoms with Crippen LogP contribution in [0, 0.1) is 0 Å². The molecule has 6 aromatic rings. The van der Waals surface area contributed by atoms with Crippen LogP contribution in [0.15, 0.2) is 139 Å². The Morgan fingerprint density at radius 1 is 0.673 bits per heavy atom. The Bertz CT molecular complexity index is 1890. The maximum atomic E-state index is 6.90. The molecule has 250 valence electrons. The first-order valence-corrected chi connectivity index (χ1v) is 17.8. The highest BCUT2D eigenvalue weighted by Crippen LogP contribution is 2.38. The van der Waals surface area contributed by atoms with Crippen LogP contribution in [0.5, 0.6) is 0 Å². The van der Waals surface area contributed by atoms with E-state index in [1.54, 1.807) is 0 Å². The van der Waals surface area contributed by atoms with Crippen LogP contribution in [0.2, 0.25) is 0 Å². The van der Waals surface area contributed by atoms with Gasteiger partial charge >= 0.3 is 0 Å². The van der Waals surface area contributed by atoms with Crippen molar-refractivity contribution in [3.05, 3.63) is 156 Å². The Morgan fingerprint density at radius 3 is 1.82 bits per heavy atom. The number of anilines is 1. The zero-order valence-electron chi connectivity index (χ0n) is 27.4. The van der Waals surface area contributed by atoms with Gasteiger partial charge in [-0.2, -0.15) is 0 Å². The molecule has 1 fully saturated rings. The second-order valence-electron chi connectivity index (χ2n) is 11.9. The first-order valence-electron chi connectivity index (χ1n) is 16.5. The minimum absolute atomic E-state index is 0.337. The smallest absolute Gasteiger partial charge is 0.191 e. The summed E-state index contributed by atoms with van der Waals surface area (Å²) in [5, 5.41) is 5.12. The summed E-state index contributed by atoms with van der Waals surface area (Å²) in [5.41, 5.74) is 5.19. The summed E-state index contributed by atoms with van der Waals surface area (Å²) < 4.78 is 28.7. The third kappa shape index (κ3) is 8.21. The predicted octanol–water partition coefficient (Wildman–Crippen LogP) is 8.05. The van der Waals surface area contributed by atoms with Gasteiger partial charge in [0, 0.05) is 12.7 Å². The van der Waals surface area contributed by atoms with Gasteiger partial charge in [-0.25, -0.2) is 9.97 Å². The number of hydrogen-bond acceptors (Lipinski definition) is 8. The van der Waals surface area contributed by atoms with Crippen molar-refractivity contribution < 1.29 is 18.9 Å². The lowest BCUT2D eigenvalue weighted by Gasteiger charge is -2.26. The van der Waals surface area contributed by atoms with Gasteiger partial charge in [-0.05, 0) is 34.6 Å². The van der Waals surface area contributed by atoms with Gasteiger partial charge in [-0.1, -0.05) is 133 Å². The molecule has 1 aliphatic rings. The fourth-order valence-corrected chi connectivity index (χ4v) is 6.43. The third-order valence-electron chi connectivity index (χ3n) is 8.56. The van der Waals surface area contributed by atoms with E-state index in [1.165, 1.54) is 17.3 Å². The van der Waals surface area contributed by atoms with Crippen molar-refractivity contribution in [2.45, 2.75) is 56.1 Å². The molecule has 4 atom stereocenters. The summed E-state index contributed by atoms with van der Waals surface area (Å²) in [7, 11) is 0. The average molecular weight is 673 g/mol. The van der Waals surface area contributed by atoms with Crippen molar-refractivity contribution in [3.8, 4) is 0 Å². The highest BCUT2D eigenvalue weighted by Gasteiger charge is 2.48. The standard InChI is InChI=1S/C40H40N4O4S/c1-49-40-42-37(41-24-29-14-6-2-7-15-29)33-22-23-44(38(33)43-40)39-36(47-27-32-20-12-5-13-21-32)35(46-26-31-18-10-4-11-19-31)34(48-39)28-45-25-30-16-8-3-9-17-30/h2-23,34-36,39H,24-28H2,1H3,(H,41,42,43)/t34-,35-,36+,39-/m1/s1. The van der Waals surface area contributed by atoms with Gasteiger partial charge in [0.15, 0.2) is 11.4 Å². The van der Waals surface area contributed by atoms with Crippen LogP contribution in [0.4, 0.5) is 5.82 Å². The zero-order chi connectivity index (χ0) is 33.3. The van der Waals surface area contributed by atoms with Crippen molar-refractivity contribution in [2.24, 2.45) is 0 Å². The van der Waals surface area contributed by atoms with E-state index in [9.17, 15) is 0 Å². The molecule has 0 spiro atoms. The number of benzene rings is 4. The van der Waals surface area contributed by atoms with E-state index < -0.39 is 24.5 Å². The molecule has 2 aromatic heterocycles. The molecule has 1 N–H and O–H groups in total. The number of fused-ring (bicyclic) bond motifs is 1. The molecule has 0 unspecified atom stereocenters. The number of ether oxygens (including phenoxy) is 4. The Hall–Kier alpha value is -4.51. The molecule has 1 aliphatic heterocycles. The van der Waals surface area contributed by atoms with Gasteiger partial charge in [0.1, 0.15) is 29.8 Å². The number of thioether (sulfide) groups is 1. The van der Waals surface area contributed by atoms with Crippen molar-refractivity contribution in [3.63, 3.8) is 0 Å². The van der Waals surface area contributed by atoms with E-state index >= 15 is 0 Å². The van der Waals surface area contributed by atoms with Gasteiger partial charge in [-0.3, -0.25) is 0 Å². The first-order chi connectivity index (χ1) is 24.2. The SMILES string of the molecule is CSc1nc(NCc2ccccc2)c2ccn([C@@H]3O[C@H](COCc4ccccc4)[C@@H](OCc4ccccc4)[C@@H]3OCc3ccccc3)c2n1. The van der Waals surface area contributed by atoms with Gasteiger partial charge in [0.05, 0.1) is 31.8 Å². The highest BCUT2D eigenvalue weighted by atomic mass is 32.2. The van der Waals surface area contributed by atoms with Crippen LogP contribution in [0.25, 0.3) is 11.0 Å². The molecule has 4 aromatic carbocycles. The molecule has 9 heteroatoms. The summed E-state index contributed by atoms with van der Waals surface area (Å²) in [6.45, 7) is 2.28. The average Bonchev–Trinajstić information content (AvgIpc) is 3.74. The molecule has 8 nitrogen and oxygen atoms in total. The van der Waals surface area contributed by atoms with E-state index in [0.29, 0.717) is 38.1 Å². The first kappa shape index (κ1) is 33.0. The minimum atomic E-state index is -0.529. The van der Waals surface area contributed by atoms with E-state index in [-0.39, 0.29) is 0 Å². The molecular weight excluding hydrogens is 633 g/mol. The minimum Gasteiger partial charge on any atom is -0.374 e. The topological polar surface area (TPSA) is 79.7 Å². The normalized spacial score (nSPS) is 19.0. The van der Waals surface area contributed by atoms with Crippen molar-refractivity contribution in [2.75, 3.05) is 18.2 Å². The number of nitrogens with one attached hydrogen (secondary N) is 1. The number of aromatic nitrogens is 3. The van der Waals surface area contributed by atoms with Crippen LogP contribution < -0.4 is 5.32 Å². The van der Waals surface area contributed by atoms with Crippen molar-refractivity contribution in [1.82, 2.24) is 14.5 Å². The van der Waals surface area contributed by atoms with Crippen LogP contribution in [-0.2, 0) is 45.3 Å². The molecule has 0 radical (unpaired) electrons. The van der Waals surface area contributed by atoms with Crippen LogP contribution in [0.1, 0.15) is 28.5 Å². The third-order valence-corrected chi connectivity index (χ3v) is 9.11. The van der Waals surface area contributed by atoms with Gasteiger partial charge < -0.3 is 28.8 Å². The molecule has 0 aliphatic carbocycles. The van der Waals surface area contributed by atoms with Gasteiger partial charge in [0.2, 0.25) is 0 Å². The van der Waals surface area contributed by atoms with E-state index in [1.807, 2.05) is 91.3 Å². The fraction of sp³-hybridized carbons (Fsp3) is 0.250. The second kappa shape index (κ2) is 16.3. The summed E-state index contributed by atoms with van der Waals surface area (Å²) in [6, 6.07) is 42.9. The fourth-order valence-electron chi connectivity index (χ4n) is 6.07. The van der Waals surface area contributed by atoms with Gasteiger partial charge in [0.25, 0.3) is 0 Å². The summed E-state index contributed by atoms with van der Waals surface area (Å²) >= 11 is 1.51. The molecule has 3 heterocycles. The summed E-state index contributed by atoms with van der Waals surface area (Å²) in [5.74, 6) is 0.774. The number of hydrogen-bond donors (Lipinski definition) is 1. The van der Waals surface area contributed by atoms with E-state index in [0.717, 1.165) is 33.5 Å². The molecule has 49 heavy (non-hydrogen) atoms. The van der Waals surface area contributed by atoms with E-state index in [2.05, 4.69) is 58.4 Å². The highest BCUT2D eigenvalue weighted by molar-refractivity contribution is 7.98. The zero-order valence-corrected chi connectivity index (χ0v) is 28.2.